The van der Waals surface area contributed by atoms with E-state index in [-0.39, 0.29) is 12.5 Å². The molecule has 2 unspecified atom stereocenters. The van der Waals surface area contributed by atoms with E-state index in [4.69, 9.17) is 5.73 Å². The quantitative estimate of drug-likeness (QED) is 0.807. The first kappa shape index (κ1) is 15.6. The van der Waals surface area contributed by atoms with Crippen molar-refractivity contribution in [2.75, 3.05) is 6.54 Å². The van der Waals surface area contributed by atoms with Crippen LogP contribution in [0.4, 0.5) is 4.39 Å². The van der Waals surface area contributed by atoms with Gasteiger partial charge in [-0.2, -0.15) is 0 Å². The van der Waals surface area contributed by atoms with Gasteiger partial charge in [0, 0.05) is 21.4 Å². The monoisotopic (exact) mass is 401 g/mol. The molecule has 0 heterocycles. The largest absolute Gasteiger partial charge is 0.388 e. The highest BCUT2D eigenvalue weighted by Gasteiger charge is 2.23. The SMILES string of the molecule is NCC(c1ccccc1Br)C(O)c1cc(F)cc(Br)c1. The fourth-order valence-corrected chi connectivity index (χ4v) is 3.24. The van der Waals surface area contributed by atoms with E-state index in [9.17, 15) is 9.50 Å². The molecular weight excluding hydrogens is 389 g/mol. The molecule has 0 aliphatic carbocycles. The second-order valence-corrected chi connectivity index (χ2v) is 6.28. The van der Waals surface area contributed by atoms with Gasteiger partial charge in [-0.3, -0.25) is 0 Å². The zero-order valence-corrected chi connectivity index (χ0v) is 13.7. The standard InChI is InChI=1S/C15H14Br2FNO/c16-10-5-9(6-11(18)7-10)15(20)13(8-19)12-3-1-2-4-14(12)17/h1-7,13,15,20H,8,19H2. The van der Waals surface area contributed by atoms with E-state index in [2.05, 4.69) is 31.9 Å². The van der Waals surface area contributed by atoms with Crippen molar-refractivity contribution < 1.29 is 9.50 Å². The molecule has 0 radical (unpaired) electrons. The number of hydrogen-bond donors (Lipinski definition) is 2. The molecule has 0 aliphatic heterocycles. The molecule has 2 aromatic rings. The predicted molar refractivity (Wildman–Crippen MR) is 85.0 cm³/mol. The van der Waals surface area contributed by atoms with Crippen molar-refractivity contribution in [3.8, 4) is 0 Å². The maximum Gasteiger partial charge on any atom is 0.124 e. The molecule has 0 spiro atoms. The van der Waals surface area contributed by atoms with Crippen LogP contribution in [0.15, 0.2) is 51.4 Å². The zero-order chi connectivity index (χ0) is 14.7. The van der Waals surface area contributed by atoms with Crippen LogP contribution in [0, 0.1) is 5.82 Å². The molecule has 20 heavy (non-hydrogen) atoms. The minimum Gasteiger partial charge on any atom is -0.388 e. The molecule has 2 nitrogen and oxygen atoms in total. The second kappa shape index (κ2) is 6.80. The average molecular weight is 403 g/mol. The van der Waals surface area contributed by atoms with Crippen molar-refractivity contribution in [3.05, 3.63) is 68.4 Å². The van der Waals surface area contributed by atoms with E-state index < -0.39 is 11.9 Å². The molecule has 2 rings (SSSR count). The summed E-state index contributed by atoms with van der Waals surface area (Å²) in [4.78, 5) is 0. The van der Waals surface area contributed by atoms with Crippen LogP contribution in [0.2, 0.25) is 0 Å². The summed E-state index contributed by atoms with van der Waals surface area (Å²) in [6, 6.07) is 12.0. The van der Waals surface area contributed by atoms with E-state index in [0.29, 0.717) is 10.0 Å². The van der Waals surface area contributed by atoms with Crippen molar-refractivity contribution in [2.45, 2.75) is 12.0 Å². The fourth-order valence-electron chi connectivity index (χ4n) is 2.18. The fraction of sp³-hybridized carbons (Fsp3) is 0.200. The van der Waals surface area contributed by atoms with Gasteiger partial charge in [0.1, 0.15) is 5.82 Å². The first-order valence-electron chi connectivity index (χ1n) is 6.11. The average Bonchev–Trinajstić information content (AvgIpc) is 2.40. The molecule has 2 atom stereocenters. The summed E-state index contributed by atoms with van der Waals surface area (Å²) in [7, 11) is 0. The topological polar surface area (TPSA) is 46.2 Å². The number of nitrogens with two attached hydrogens (primary N) is 1. The summed E-state index contributed by atoms with van der Waals surface area (Å²) in [6.45, 7) is 0.262. The van der Waals surface area contributed by atoms with E-state index >= 15 is 0 Å². The van der Waals surface area contributed by atoms with Crippen LogP contribution in [-0.4, -0.2) is 11.7 Å². The lowest BCUT2D eigenvalue weighted by Gasteiger charge is -2.23. The second-order valence-electron chi connectivity index (χ2n) is 4.51. The number of rotatable bonds is 4. The maximum absolute atomic E-state index is 13.5. The smallest absolute Gasteiger partial charge is 0.124 e. The number of hydrogen-bond acceptors (Lipinski definition) is 2. The minimum absolute atomic E-state index is 0.262. The third kappa shape index (κ3) is 3.47. The molecule has 106 valence electrons. The van der Waals surface area contributed by atoms with Gasteiger partial charge in [0.25, 0.3) is 0 Å². The molecule has 0 fully saturated rings. The predicted octanol–water partition coefficient (Wildman–Crippen LogP) is 4.13. The molecular formula is C15H14Br2FNO. The molecule has 3 N–H and O–H groups in total. The van der Waals surface area contributed by atoms with Crippen LogP contribution in [0.5, 0.6) is 0 Å². The Hall–Kier alpha value is -0.750. The van der Waals surface area contributed by atoms with Gasteiger partial charge < -0.3 is 10.8 Å². The lowest BCUT2D eigenvalue weighted by Crippen LogP contribution is -2.20. The molecule has 5 heteroatoms. The van der Waals surface area contributed by atoms with Gasteiger partial charge in [-0.15, -0.1) is 0 Å². The molecule has 0 bridgehead atoms. The summed E-state index contributed by atoms with van der Waals surface area (Å²) in [6.07, 6.45) is -0.870. The van der Waals surface area contributed by atoms with Crippen LogP contribution in [0.3, 0.4) is 0 Å². The van der Waals surface area contributed by atoms with Crippen molar-refractivity contribution in [1.29, 1.82) is 0 Å². The van der Waals surface area contributed by atoms with Crippen molar-refractivity contribution in [1.82, 2.24) is 0 Å². The lowest BCUT2D eigenvalue weighted by atomic mass is 9.89. The van der Waals surface area contributed by atoms with E-state index in [0.717, 1.165) is 10.0 Å². The highest BCUT2D eigenvalue weighted by atomic mass is 79.9. The van der Waals surface area contributed by atoms with Gasteiger partial charge in [-0.05, 0) is 35.4 Å². The molecule has 0 aromatic heterocycles. The van der Waals surface area contributed by atoms with Gasteiger partial charge in [0.05, 0.1) is 6.10 Å². The first-order chi connectivity index (χ1) is 9.52. The number of benzene rings is 2. The molecule has 0 saturated carbocycles. The normalized spacial score (nSPS) is 14.1. The van der Waals surface area contributed by atoms with Gasteiger partial charge in [-0.1, -0.05) is 50.1 Å². The van der Waals surface area contributed by atoms with Gasteiger partial charge in [0.15, 0.2) is 0 Å². The Kier molecular flexibility index (Phi) is 5.32. The van der Waals surface area contributed by atoms with Gasteiger partial charge in [-0.25, -0.2) is 4.39 Å². The Bertz CT molecular complexity index is 586. The third-order valence-corrected chi connectivity index (χ3v) is 4.35. The summed E-state index contributed by atoms with van der Waals surface area (Å²) < 4.78 is 14.9. The molecule has 0 saturated heterocycles. The summed E-state index contributed by atoms with van der Waals surface area (Å²) in [5.74, 6) is -0.699. The molecule has 0 amide bonds. The van der Waals surface area contributed by atoms with Crippen LogP contribution in [-0.2, 0) is 0 Å². The van der Waals surface area contributed by atoms with Gasteiger partial charge >= 0.3 is 0 Å². The van der Waals surface area contributed by atoms with E-state index in [1.54, 1.807) is 6.07 Å². The summed E-state index contributed by atoms with van der Waals surface area (Å²) in [5.41, 5.74) is 7.21. The molecule has 2 aromatic carbocycles. The van der Waals surface area contributed by atoms with Crippen molar-refractivity contribution >= 4 is 31.9 Å². The van der Waals surface area contributed by atoms with E-state index in [1.807, 2.05) is 24.3 Å². The summed E-state index contributed by atoms with van der Waals surface area (Å²) >= 11 is 6.69. The lowest BCUT2D eigenvalue weighted by molar-refractivity contribution is 0.146. The Morgan fingerprint density at radius 2 is 1.85 bits per heavy atom. The number of aliphatic hydroxyl groups is 1. The Balaban J connectivity index is 2.39. The summed E-state index contributed by atoms with van der Waals surface area (Å²) in [5, 5.41) is 10.5. The molecule has 0 aliphatic rings. The van der Waals surface area contributed by atoms with Crippen LogP contribution in [0.1, 0.15) is 23.1 Å². The van der Waals surface area contributed by atoms with Crippen LogP contribution in [0.25, 0.3) is 0 Å². The van der Waals surface area contributed by atoms with E-state index in [1.165, 1.54) is 12.1 Å². The van der Waals surface area contributed by atoms with Crippen molar-refractivity contribution in [3.63, 3.8) is 0 Å². The third-order valence-electron chi connectivity index (χ3n) is 3.17. The van der Waals surface area contributed by atoms with Crippen LogP contribution >= 0.6 is 31.9 Å². The highest BCUT2D eigenvalue weighted by Crippen LogP contribution is 2.35. The van der Waals surface area contributed by atoms with Gasteiger partial charge in [0.2, 0.25) is 0 Å². The number of halogens is 3. The highest BCUT2D eigenvalue weighted by molar-refractivity contribution is 9.10. The Labute approximate surface area is 134 Å². The minimum atomic E-state index is -0.870. The maximum atomic E-state index is 13.5. The first-order valence-corrected chi connectivity index (χ1v) is 7.70. The van der Waals surface area contributed by atoms with Crippen LogP contribution < -0.4 is 5.73 Å². The van der Waals surface area contributed by atoms with Crippen molar-refractivity contribution in [2.24, 2.45) is 5.73 Å². The zero-order valence-electron chi connectivity index (χ0n) is 10.6. The Morgan fingerprint density at radius 3 is 2.45 bits per heavy atom. The number of aliphatic hydroxyl groups excluding tert-OH is 1. The Morgan fingerprint density at radius 1 is 1.15 bits per heavy atom.